The molecule has 0 aromatic heterocycles. The molecular weight excluding hydrogens is 332 g/mol. The first-order valence-electron chi connectivity index (χ1n) is 7.14. The lowest BCUT2D eigenvalue weighted by Crippen LogP contribution is -2.30. The molecule has 2 aliphatic rings. The number of carbonyl (C=O) groups is 2. The number of hydrogen-bond acceptors (Lipinski definition) is 4. The second-order valence-corrected chi connectivity index (χ2v) is 5.66. The Bertz CT molecular complexity index is 894. The maximum Gasteiger partial charge on any atom is 0.333 e. The molecule has 0 radical (unpaired) electrons. The van der Waals surface area contributed by atoms with Crippen molar-refractivity contribution in [2.75, 3.05) is 11.7 Å². The molecule has 2 aromatic rings. The van der Waals surface area contributed by atoms with Crippen molar-refractivity contribution in [3.8, 4) is 11.5 Å². The van der Waals surface area contributed by atoms with E-state index in [0.29, 0.717) is 22.2 Å². The largest absolute Gasteiger partial charge is 0.454 e. The highest BCUT2D eigenvalue weighted by Gasteiger charge is 2.35. The smallest absolute Gasteiger partial charge is 0.333 e. The van der Waals surface area contributed by atoms with Crippen LogP contribution in [-0.4, -0.2) is 18.7 Å². The van der Waals surface area contributed by atoms with Gasteiger partial charge in [-0.2, -0.15) is 0 Å². The number of hydrogen-bond donors (Lipinski definition) is 1. The minimum absolute atomic E-state index is 0.174. The van der Waals surface area contributed by atoms with E-state index in [1.165, 1.54) is 0 Å². The lowest BCUT2D eigenvalue weighted by Gasteiger charge is -2.11. The maximum absolute atomic E-state index is 12.5. The summed E-state index contributed by atoms with van der Waals surface area (Å²) in [7, 11) is 0. The van der Waals surface area contributed by atoms with E-state index in [9.17, 15) is 9.59 Å². The first-order chi connectivity index (χ1) is 11.6. The lowest BCUT2D eigenvalue weighted by atomic mass is 10.1. The number of nitrogens with one attached hydrogen (secondary N) is 1. The first-order valence-corrected chi connectivity index (χ1v) is 7.52. The number of nitrogens with zero attached hydrogens (tertiary/aromatic N) is 1. The number of urea groups is 1. The average molecular weight is 343 g/mol. The first kappa shape index (κ1) is 14.6. The fourth-order valence-electron chi connectivity index (χ4n) is 2.55. The van der Waals surface area contributed by atoms with Crippen molar-refractivity contribution in [2.45, 2.75) is 0 Å². The Morgan fingerprint density at radius 1 is 1.08 bits per heavy atom. The number of rotatable bonds is 2. The SMILES string of the molecule is O=C1N/C(=C/c2ccc3c(c2)OCO3)C(=O)N1c1cccc(Cl)c1. The fraction of sp³-hybridized carbons (Fsp3) is 0.0588. The number of imide groups is 1. The molecule has 2 aromatic carbocycles. The number of ether oxygens (including phenoxy) is 2. The zero-order valence-electron chi connectivity index (χ0n) is 12.3. The van der Waals surface area contributed by atoms with Crippen LogP contribution in [0.1, 0.15) is 5.56 Å². The molecule has 0 spiro atoms. The van der Waals surface area contributed by atoms with Crippen LogP contribution in [-0.2, 0) is 4.79 Å². The van der Waals surface area contributed by atoms with Crippen molar-refractivity contribution in [3.63, 3.8) is 0 Å². The molecule has 24 heavy (non-hydrogen) atoms. The van der Waals surface area contributed by atoms with E-state index in [0.717, 1.165) is 10.5 Å². The van der Waals surface area contributed by atoms with Gasteiger partial charge in [0.05, 0.1) is 5.69 Å². The third kappa shape index (κ3) is 2.47. The molecule has 1 fully saturated rings. The van der Waals surface area contributed by atoms with Gasteiger partial charge in [0.25, 0.3) is 5.91 Å². The predicted molar refractivity (Wildman–Crippen MR) is 88.0 cm³/mol. The molecule has 2 aliphatic heterocycles. The highest BCUT2D eigenvalue weighted by molar-refractivity contribution is 6.32. The Kier molecular flexibility index (Phi) is 3.39. The van der Waals surface area contributed by atoms with Crippen molar-refractivity contribution in [1.29, 1.82) is 0 Å². The number of carbonyl (C=O) groups excluding carboxylic acids is 2. The summed E-state index contributed by atoms with van der Waals surface area (Å²) in [6.45, 7) is 0.174. The van der Waals surface area contributed by atoms with Crippen LogP contribution >= 0.6 is 11.6 Å². The van der Waals surface area contributed by atoms with E-state index in [1.54, 1.807) is 48.5 Å². The summed E-state index contributed by atoms with van der Waals surface area (Å²) in [6.07, 6.45) is 1.59. The highest BCUT2D eigenvalue weighted by atomic mass is 35.5. The highest BCUT2D eigenvalue weighted by Crippen LogP contribution is 2.33. The van der Waals surface area contributed by atoms with Crippen LogP contribution in [0.25, 0.3) is 6.08 Å². The van der Waals surface area contributed by atoms with Gasteiger partial charge in [0.2, 0.25) is 6.79 Å². The number of halogens is 1. The Hall–Kier alpha value is -2.99. The lowest BCUT2D eigenvalue weighted by molar-refractivity contribution is -0.113. The Morgan fingerprint density at radius 2 is 1.92 bits per heavy atom. The molecule has 0 saturated carbocycles. The number of anilines is 1. The van der Waals surface area contributed by atoms with Gasteiger partial charge in [-0.15, -0.1) is 0 Å². The fourth-order valence-corrected chi connectivity index (χ4v) is 2.74. The molecular formula is C17H11ClN2O4. The van der Waals surface area contributed by atoms with Gasteiger partial charge in [-0.25, -0.2) is 9.69 Å². The second kappa shape index (κ2) is 5.58. The van der Waals surface area contributed by atoms with Gasteiger partial charge in [0.1, 0.15) is 5.70 Å². The molecule has 1 saturated heterocycles. The molecule has 0 atom stereocenters. The summed E-state index contributed by atoms with van der Waals surface area (Å²) in [5.41, 5.74) is 1.31. The van der Waals surface area contributed by atoms with Crippen LogP contribution in [0.3, 0.4) is 0 Å². The van der Waals surface area contributed by atoms with E-state index in [2.05, 4.69) is 5.32 Å². The zero-order chi connectivity index (χ0) is 16.7. The van der Waals surface area contributed by atoms with Crippen LogP contribution < -0.4 is 19.7 Å². The minimum atomic E-state index is -0.519. The topological polar surface area (TPSA) is 67.9 Å². The Balaban J connectivity index is 1.66. The van der Waals surface area contributed by atoms with E-state index >= 15 is 0 Å². The number of benzene rings is 2. The standard InChI is InChI=1S/C17H11ClN2O4/c18-11-2-1-3-12(8-11)20-16(21)13(19-17(20)22)6-10-4-5-14-15(7-10)24-9-23-14/h1-8H,9H2,(H,19,22)/b13-6+. The molecule has 2 heterocycles. The quantitative estimate of drug-likeness (QED) is 0.672. The molecule has 4 rings (SSSR count). The van der Waals surface area contributed by atoms with Gasteiger partial charge >= 0.3 is 6.03 Å². The molecule has 3 amide bonds. The summed E-state index contributed by atoms with van der Waals surface area (Å²) in [6, 6.07) is 11.3. The summed E-state index contributed by atoms with van der Waals surface area (Å²) >= 11 is 5.93. The van der Waals surface area contributed by atoms with Crippen LogP contribution in [0.4, 0.5) is 10.5 Å². The summed E-state index contributed by atoms with van der Waals surface area (Å²) in [5.74, 6) is 0.812. The minimum Gasteiger partial charge on any atom is -0.454 e. The van der Waals surface area contributed by atoms with Gasteiger partial charge in [-0.05, 0) is 42.0 Å². The summed E-state index contributed by atoms with van der Waals surface area (Å²) in [4.78, 5) is 25.7. The molecule has 0 unspecified atom stereocenters. The molecule has 6 nitrogen and oxygen atoms in total. The summed E-state index contributed by atoms with van der Waals surface area (Å²) in [5, 5.41) is 3.02. The molecule has 1 N–H and O–H groups in total. The van der Waals surface area contributed by atoms with Gasteiger partial charge in [0.15, 0.2) is 11.5 Å². The van der Waals surface area contributed by atoms with Crippen LogP contribution in [0.2, 0.25) is 5.02 Å². The van der Waals surface area contributed by atoms with Crippen LogP contribution in [0, 0.1) is 0 Å². The van der Waals surface area contributed by atoms with E-state index in [4.69, 9.17) is 21.1 Å². The van der Waals surface area contributed by atoms with Crippen LogP contribution in [0.15, 0.2) is 48.2 Å². The van der Waals surface area contributed by atoms with E-state index < -0.39 is 11.9 Å². The van der Waals surface area contributed by atoms with Gasteiger partial charge < -0.3 is 14.8 Å². The van der Waals surface area contributed by atoms with Crippen molar-refractivity contribution in [1.82, 2.24) is 5.32 Å². The van der Waals surface area contributed by atoms with Crippen LogP contribution in [0.5, 0.6) is 11.5 Å². The van der Waals surface area contributed by atoms with Gasteiger partial charge in [-0.1, -0.05) is 23.7 Å². The maximum atomic E-state index is 12.5. The Morgan fingerprint density at radius 3 is 2.75 bits per heavy atom. The molecule has 0 aliphatic carbocycles. The Labute approximate surface area is 142 Å². The van der Waals surface area contributed by atoms with Crippen molar-refractivity contribution in [3.05, 3.63) is 58.7 Å². The number of amides is 3. The predicted octanol–water partition coefficient (Wildman–Crippen LogP) is 3.17. The normalized spacial score (nSPS) is 17.5. The molecule has 7 heteroatoms. The van der Waals surface area contributed by atoms with E-state index in [-0.39, 0.29) is 12.5 Å². The van der Waals surface area contributed by atoms with Gasteiger partial charge in [-0.3, -0.25) is 4.79 Å². The average Bonchev–Trinajstić information content (AvgIpc) is 3.12. The third-order valence-electron chi connectivity index (χ3n) is 3.65. The second-order valence-electron chi connectivity index (χ2n) is 5.22. The molecule has 120 valence electrons. The van der Waals surface area contributed by atoms with Crippen molar-refractivity contribution < 1.29 is 19.1 Å². The van der Waals surface area contributed by atoms with E-state index in [1.807, 2.05) is 0 Å². The zero-order valence-corrected chi connectivity index (χ0v) is 13.0. The van der Waals surface area contributed by atoms with Crippen molar-refractivity contribution in [2.24, 2.45) is 0 Å². The molecule has 0 bridgehead atoms. The van der Waals surface area contributed by atoms with Gasteiger partial charge in [0, 0.05) is 5.02 Å². The monoisotopic (exact) mass is 342 g/mol. The summed E-state index contributed by atoms with van der Waals surface area (Å²) < 4.78 is 10.6. The third-order valence-corrected chi connectivity index (χ3v) is 3.89. The number of fused-ring (bicyclic) bond motifs is 1. The van der Waals surface area contributed by atoms with Crippen molar-refractivity contribution >= 4 is 35.3 Å².